The van der Waals surface area contributed by atoms with Crippen molar-refractivity contribution in [1.82, 2.24) is 4.31 Å². The smallest absolute Gasteiger partial charge is 0.243 e. The van der Waals surface area contributed by atoms with Crippen molar-refractivity contribution < 1.29 is 13.2 Å². The van der Waals surface area contributed by atoms with Gasteiger partial charge in [-0.05, 0) is 63.3 Å². The molecule has 1 aliphatic carbocycles. The average Bonchev–Trinajstić information content (AvgIpc) is 3.24. The fourth-order valence-electron chi connectivity index (χ4n) is 3.63. The van der Waals surface area contributed by atoms with E-state index in [4.69, 9.17) is 0 Å². The Labute approximate surface area is 144 Å². The summed E-state index contributed by atoms with van der Waals surface area (Å²) >= 11 is 0. The maximum atomic E-state index is 12.9. The molecule has 0 spiro atoms. The molecular weight excluding hydrogens is 324 g/mol. The number of hydrogen-bond donors (Lipinski definition) is 1. The van der Waals surface area contributed by atoms with E-state index in [0.29, 0.717) is 16.5 Å². The Morgan fingerprint density at radius 3 is 2.12 bits per heavy atom. The van der Waals surface area contributed by atoms with Gasteiger partial charge in [0.15, 0.2) is 0 Å². The summed E-state index contributed by atoms with van der Waals surface area (Å²) in [5.74, 6) is 0.576. The fraction of sp³-hybridized carbons (Fsp3) is 0.611. The third-order valence-electron chi connectivity index (χ3n) is 5.26. The summed E-state index contributed by atoms with van der Waals surface area (Å²) in [6.45, 7) is 6.00. The Morgan fingerprint density at radius 2 is 1.62 bits per heavy atom. The number of hydrogen-bond acceptors (Lipinski definition) is 3. The van der Waals surface area contributed by atoms with Crippen molar-refractivity contribution in [3.8, 4) is 0 Å². The van der Waals surface area contributed by atoms with Crippen molar-refractivity contribution in [2.75, 3.05) is 5.32 Å². The van der Waals surface area contributed by atoms with Crippen molar-refractivity contribution >= 4 is 21.6 Å². The largest absolute Gasteiger partial charge is 0.326 e. The number of nitrogens with one attached hydrogen (secondary N) is 1. The van der Waals surface area contributed by atoms with Crippen LogP contribution in [0.1, 0.15) is 46.5 Å². The van der Waals surface area contributed by atoms with E-state index in [9.17, 15) is 13.2 Å². The third-order valence-corrected chi connectivity index (χ3v) is 7.40. The molecule has 0 aromatic heterocycles. The number of benzene rings is 1. The van der Waals surface area contributed by atoms with E-state index >= 15 is 0 Å². The standard InChI is InChI=1S/C18H26N2O3S/c1-12-11-17(12)18(21)19-15-7-9-16(10-8-15)24(22,23)20-13(2)5-4-6-14(20)3/h7-10,12-14,17H,4-6,11H2,1-3H3,(H,19,21). The summed E-state index contributed by atoms with van der Waals surface area (Å²) in [4.78, 5) is 12.3. The Hall–Kier alpha value is -1.40. The summed E-state index contributed by atoms with van der Waals surface area (Å²) < 4.78 is 27.5. The van der Waals surface area contributed by atoms with Crippen molar-refractivity contribution in [2.45, 2.75) is 63.4 Å². The molecule has 6 heteroatoms. The summed E-state index contributed by atoms with van der Waals surface area (Å²) in [6, 6.07) is 6.59. The lowest BCUT2D eigenvalue weighted by molar-refractivity contribution is -0.117. The van der Waals surface area contributed by atoms with Gasteiger partial charge < -0.3 is 5.32 Å². The molecule has 4 atom stereocenters. The number of sulfonamides is 1. The lowest BCUT2D eigenvalue weighted by atomic mass is 10.0. The molecule has 1 aliphatic heterocycles. The summed E-state index contributed by atoms with van der Waals surface area (Å²) in [7, 11) is -3.50. The predicted molar refractivity (Wildman–Crippen MR) is 94.1 cm³/mol. The van der Waals surface area contributed by atoms with Crippen LogP contribution in [0.15, 0.2) is 29.2 Å². The van der Waals surface area contributed by atoms with E-state index in [1.807, 2.05) is 13.8 Å². The van der Waals surface area contributed by atoms with Crippen LogP contribution in [0.25, 0.3) is 0 Å². The lowest BCUT2D eigenvalue weighted by Gasteiger charge is -2.37. The SMILES string of the molecule is CC1CC1C(=O)Nc1ccc(S(=O)(=O)N2C(C)CCCC2C)cc1. The average molecular weight is 350 g/mol. The highest BCUT2D eigenvalue weighted by Crippen LogP contribution is 2.38. The zero-order chi connectivity index (χ0) is 17.5. The second-order valence-electron chi connectivity index (χ2n) is 7.30. The third kappa shape index (κ3) is 3.35. The van der Waals surface area contributed by atoms with Gasteiger partial charge in [0.05, 0.1) is 4.90 Å². The van der Waals surface area contributed by atoms with E-state index in [1.54, 1.807) is 28.6 Å². The summed E-state index contributed by atoms with van der Waals surface area (Å²) in [5.41, 5.74) is 0.651. The first kappa shape index (κ1) is 17.4. The molecule has 0 bridgehead atoms. The van der Waals surface area contributed by atoms with Gasteiger partial charge in [0.25, 0.3) is 0 Å². The molecule has 1 heterocycles. The molecule has 5 nitrogen and oxygen atoms in total. The summed E-state index contributed by atoms with van der Waals surface area (Å²) in [6.07, 6.45) is 3.80. The number of amides is 1. The Bertz CT molecular complexity index is 704. The molecule has 1 N–H and O–H groups in total. The van der Waals surface area contributed by atoms with Crippen LogP contribution in [0.2, 0.25) is 0 Å². The Kier molecular flexibility index (Phi) is 4.71. The van der Waals surface area contributed by atoms with E-state index in [1.165, 1.54) is 0 Å². The van der Waals surface area contributed by atoms with E-state index in [-0.39, 0.29) is 23.9 Å². The normalized spacial score (nSPS) is 30.8. The van der Waals surface area contributed by atoms with Crippen molar-refractivity contribution in [3.63, 3.8) is 0 Å². The van der Waals surface area contributed by atoms with E-state index in [0.717, 1.165) is 25.7 Å². The number of piperidine rings is 1. The van der Waals surface area contributed by atoms with Crippen LogP contribution in [-0.4, -0.2) is 30.7 Å². The highest BCUT2D eigenvalue weighted by Gasteiger charge is 2.39. The predicted octanol–water partition coefficient (Wildman–Crippen LogP) is 3.23. The van der Waals surface area contributed by atoms with Gasteiger partial charge in [-0.25, -0.2) is 8.42 Å². The molecular formula is C18H26N2O3S. The first-order chi connectivity index (χ1) is 11.3. The van der Waals surface area contributed by atoms with E-state index in [2.05, 4.69) is 12.2 Å². The number of carbonyl (C=O) groups is 1. The van der Waals surface area contributed by atoms with Crippen LogP contribution < -0.4 is 5.32 Å². The van der Waals surface area contributed by atoms with Crippen molar-refractivity contribution in [2.24, 2.45) is 11.8 Å². The van der Waals surface area contributed by atoms with Crippen LogP contribution in [0.3, 0.4) is 0 Å². The minimum atomic E-state index is -3.50. The van der Waals surface area contributed by atoms with Gasteiger partial charge in [-0.2, -0.15) is 4.31 Å². The second-order valence-corrected chi connectivity index (χ2v) is 9.14. The first-order valence-electron chi connectivity index (χ1n) is 8.75. The zero-order valence-corrected chi connectivity index (χ0v) is 15.3. The molecule has 4 unspecified atom stereocenters. The van der Waals surface area contributed by atoms with Crippen LogP contribution in [0.5, 0.6) is 0 Å². The van der Waals surface area contributed by atoms with E-state index < -0.39 is 10.0 Å². The molecule has 1 aromatic carbocycles. The maximum absolute atomic E-state index is 12.9. The van der Waals surface area contributed by atoms with Crippen molar-refractivity contribution in [3.05, 3.63) is 24.3 Å². The van der Waals surface area contributed by atoms with Gasteiger partial charge in [-0.1, -0.05) is 13.3 Å². The van der Waals surface area contributed by atoms with Gasteiger partial charge in [-0.3, -0.25) is 4.79 Å². The molecule has 3 rings (SSSR count). The number of nitrogens with zero attached hydrogens (tertiary/aromatic N) is 1. The Morgan fingerprint density at radius 1 is 1.08 bits per heavy atom. The second kappa shape index (κ2) is 6.48. The molecule has 1 amide bonds. The van der Waals surface area contributed by atoms with Gasteiger partial charge in [0.1, 0.15) is 0 Å². The Balaban J connectivity index is 1.75. The van der Waals surface area contributed by atoms with Gasteiger partial charge >= 0.3 is 0 Å². The molecule has 1 aromatic rings. The molecule has 1 saturated heterocycles. The number of anilines is 1. The number of rotatable bonds is 4. The molecule has 0 radical (unpaired) electrons. The highest BCUT2D eigenvalue weighted by molar-refractivity contribution is 7.89. The number of carbonyl (C=O) groups excluding carboxylic acids is 1. The lowest BCUT2D eigenvalue weighted by Crippen LogP contribution is -2.47. The van der Waals surface area contributed by atoms with Gasteiger partial charge in [0.2, 0.25) is 15.9 Å². The highest BCUT2D eigenvalue weighted by atomic mass is 32.2. The van der Waals surface area contributed by atoms with Crippen LogP contribution >= 0.6 is 0 Å². The summed E-state index contributed by atoms with van der Waals surface area (Å²) in [5, 5.41) is 2.86. The van der Waals surface area contributed by atoms with Crippen molar-refractivity contribution in [1.29, 1.82) is 0 Å². The first-order valence-corrected chi connectivity index (χ1v) is 10.2. The zero-order valence-electron chi connectivity index (χ0n) is 14.5. The monoisotopic (exact) mass is 350 g/mol. The van der Waals surface area contributed by atoms with Crippen LogP contribution in [0.4, 0.5) is 5.69 Å². The van der Waals surface area contributed by atoms with Gasteiger partial charge in [0, 0.05) is 23.7 Å². The quantitative estimate of drug-likeness (QED) is 0.906. The molecule has 24 heavy (non-hydrogen) atoms. The van der Waals surface area contributed by atoms with Crippen LogP contribution in [0, 0.1) is 11.8 Å². The molecule has 1 saturated carbocycles. The molecule has 132 valence electrons. The van der Waals surface area contributed by atoms with Gasteiger partial charge in [-0.15, -0.1) is 0 Å². The fourth-order valence-corrected chi connectivity index (χ4v) is 5.51. The minimum Gasteiger partial charge on any atom is -0.326 e. The minimum absolute atomic E-state index is 0.0227. The maximum Gasteiger partial charge on any atom is 0.243 e. The van der Waals surface area contributed by atoms with Crippen LogP contribution in [-0.2, 0) is 14.8 Å². The molecule has 2 aliphatic rings. The topological polar surface area (TPSA) is 66.5 Å². The molecule has 2 fully saturated rings.